The average Bonchev–Trinajstić information content (AvgIpc) is 3.00. The zero-order valence-electron chi connectivity index (χ0n) is 12.8. The van der Waals surface area contributed by atoms with E-state index in [0.29, 0.717) is 5.56 Å². The Morgan fingerprint density at radius 3 is 2.76 bits per heavy atom. The maximum atomic E-state index is 11.9. The highest BCUT2D eigenvalue weighted by Gasteiger charge is 2.34. The van der Waals surface area contributed by atoms with Crippen molar-refractivity contribution in [1.29, 1.82) is 0 Å². The average molecular weight is 425 g/mol. The molecule has 0 aliphatic carbocycles. The van der Waals surface area contributed by atoms with Gasteiger partial charge in [-0.25, -0.2) is 0 Å². The first-order valence-corrected chi connectivity index (χ1v) is 8.29. The zero-order valence-corrected chi connectivity index (χ0v) is 15.2. The van der Waals surface area contributed by atoms with Crippen molar-refractivity contribution >= 4 is 45.0 Å². The lowest BCUT2D eigenvalue weighted by molar-refractivity contribution is -0.384. The first-order valence-electron chi connectivity index (χ1n) is 7.11. The second kappa shape index (κ2) is 6.81. The summed E-state index contributed by atoms with van der Waals surface area (Å²) in [6.07, 6.45) is -0.777. The van der Waals surface area contributed by atoms with Gasteiger partial charge in [0.05, 0.1) is 15.5 Å². The molecule has 25 heavy (non-hydrogen) atoms. The van der Waals surface area contributed by atoms with Gasteiger partial charge in [0, 0.05) is 29.1 Å². The lowest BCUT2D eigenvalue weighted by Crippen LogP contribution is -2.25. The number of hydrazone groups is 1. The summed E-state index contributed by atoms with van der Waals surface area (Å²) in [4.78, 5) is 22.4. The van der Waals surface area contributed by atoms with E-state index in [1.807, 2.05) is 6.07 Å². The van der Waals surface area contributed by atoms with Crippen LogP contribution in [0.2, 0.25) is 5.02 Å². The van der Waals surface area contributed by atoms with Gasteiger partial charge < -0.3 is 4.74 Å². The van der Waals surface area contributed by atoms with Crippen LogP contribution in [0.15, 0.2) is 52.0 Å². The van der Waals surface area contributed by atoms with Gasteiger partial charge in [-0.2, -0.15) is 5.01 Å². The number of halogens is 2. The molecule has 0 N–H and O–H groups in total. The maximum Gasteiger partial charge on any atom is 0.270 e. The number of nitro groups is 1. The minimum Gasteiger partial charge on any atom is -0.446 e. The standard InChI is InChI=1S/C16H11BrClN3O4/c1-9(22)20-16(10-3-2-4-11(17)7-10)25-15(19-20)13-8-12(21(23)24)5-6-14(13)18/h2-8,16H,1H3/t16-/m1/s1. The number of hydrogen-bond donors (Lipinski definition) is 0. The van der Waals surface area contributed by atoms with Crippen LogP contribution >= 0.6 is 27.5 Å². The van der Waals surface area contributed by atoms with Crippen molar-refractivity contribution in [3.8, 4) is 0 Å². The summed E-state index contributed by atoms with van der Waals surface area (Å²) < 4.78 is 6.62. The number of carbonyl (C=O) groups excluding carboxylic acids is 1. The van der Waals surface area contributed by atoms with Crippen molar-refractivity contribution in [3.05, 3.63) is 73.2 Å². The summed E-state index contributed by atoms with van der Waals surface area (Å²) in [7, 11) is 0. The summed E-state index contributed by atoms with van der Waals surface area (Å²) in [6.45, 7) is 1.36. The molecule has 1 aliphatic rings. The van der Waals surface area contributed by atoms with Crippen LogP contribution in [-0.4, -0.2) is 21.7 Å². The Hall–Kier alpha value is -2.45. The van der Waals surface area contributed by atoms with Gasteiger partial charge in [-0.05, 0) is 18.2 Å². The molecule has 128 valence electrons. The molecule has 0 fully saturated rings. The molecule has 0 unspecified atom stereocenters. The summed E-state index contributed by atoms with van der Waals surface area (Å²) in [5.74, 6) is -0.282. The molecule has 0 spiro atoms. The topological polar surface area (TPSA) is 85.0 Å². The summed E-state index contributed by atoms with van der Waals surface area (Å²) in [6, 6.07) is 11.2. The van der Waals surface area contributed by atoms with Crippen LogP contribution in [0.3, 0.4) is 0 Å². The van der Waals surface area contributed by atoms with Crippen LogP contribution in [0, 0.1) is 10.1 Å². The van der Waals surface area contributed by atoms with E-state index < -0.39 is 11.2 Å². The van der Waals surface area contributed by atoms with Crippen molar-refractivity contribution in [2.45, 2.75) is 13.2 Å². The predicted molar refractivity (Wildman–Crippen MR) is 95.1 cm³/mol. The Morgan fingerprint density at radius 1 is 1.36 bits per heavy atom. The molecular weight excluding hydrogens is 414 g/mol. The van der Waals surface area contributed by atoms with E-state index >= 15 is 0 Å². The number of non-ortho nitro benzene ring substituents is 1. The van der Waals surface area contributed by atoms with E-state index in [9.17, 15) is 14.9 Å². The minimum absolute atomic E-state index is 0.0499. The second-order valence-electron chi connectivity index (χ2n) is 5.22. The van der Waals surface area contributed by atoms with Crippen LogP contribution in [0.25, 0.3) is 0 Å². The van der Waals surface area contributed by atoms with Crippen molar-refractivity contribution in [1.82, 2.24) is 5.01 Å². The van der Waals surface area contributed by atoms with Crippen LogP contribution < -0.4 is 0 Å². The monoisotopic (exact) mass is 423 g/mol. The summed E-state index contributed by atoms with van der Waals surface area (Å²) >= 11 is 9.50. The quantitative estimate of drug-likeness (QED) is 0.544. The van der Waals surface area contributed by atoms with E-state index in [1.54, 1.807) is 18.2 Å². The van der Waals surface area contributed by atoms with Crippen molar-refractivity contribution in [2.24, 2.45) is 5.10 Å². The van der Waals surface area contributed by atoms with Gasteiger partial charge in [-0.15, -0.1) is 5.10 Å². The highest BCUT2D eigenvalue weighted by atomic mass is 79.9. The molecule has 1 atom stereocenters. The van der Waals surface area contributed by atoms with Crippen molar-refractivity contribution in [2.75, 3.05) is 0 Å². The molecule has 0 bridgehead atoms. The third-order valence-electron chi connectivity index (χ3n) is 3.49. The normalized spacial score (nSPS) is 16.4. The number of amides is 1. The highest BCUT2D eigenvalue weighted by Crippen LogP contribution is 2.34. The molecule has 0 saturated heterocycles. The second-order valence-corrected chi connectivity index (χ2v) is 6.54. The predicted octanol–water partition coefficient (Wildman–Crippen LogP) is 4.25. The SMILES string of the molecule is CC(=O)N1N=C(c2cc([N+](=O)[O-])ccc2Cl)O[C@@H]1c1cccc(Br)c1. The fraction of sp³-hybridized carbons (Fsp3) is 0.125. The van der Waals surface area contributed by atoms with Crippen LogP contribution in [0.5, 0.6) is 0 Å². The number of rotatable bonds is 3. The van der Waals surface area contributed by atoms with E-state index in [4.69, 9.17) is 16.3 Å². The smallest absolute Gasteiger partial charge is 0.270 e. The third kappa shape index (κ3) is 3.49. The van der Waals surface area contributed by atoms with Gasteiger partial charge >= 0.3 is 0 Å². The van der Waals surface area contributed by atoms with Crippen LogP contribution in [-0.2, 0) is 9.53 Å². The molecule has 2 aromatic rings. The number of benzene rings is 2. The molecule has 3 rings (SSSR count). The van der Waals surface area contributed by atoms with Crippen molar-refractivity contribution in [3.63, 3.8) is 0 Å². The van der Waals surface area contributed by atoms with Gasteiger partial charge in [0.25, 0.3) is 5.69 Å². The number of hydrogen-bond acceptors (Lipinski definition) is 5. The molecule has 2 aromatic carbocycles. The van der Waals surface area contributed by atoms with Crippen LogP contribution in [0.1, 0.15) is 24.3 Å². The molecule has 9 heteroatoms. The van der Waals surface area contributed by atoms with E-state index in [0.717, 1.165) is 4.47 Å². The minimum atomic E-state index is -0.777. The first kappa shape index (κ1) is 17.4. The number of ether oxygens (including phenoxy) is 1. The molecular formula is C16H11BrClN3O4. The highest BCUT2D eigenvalue weighted by molar-refractivity contribution is 9.10. The summed E-state index contributed by atoms with van der Waals surface area (Å²) in [5, 5.41) is 16.6. The van der Waals surface area contributed by atoms with E-state index in [-0.39, 0.29) is 28.1 Å². The Balaban J connectivity index is 2.02. The van der Waals surface area contributed by atoms with Gasteiger partial charge in [0.1, 0.15) is 0 Å². The molecule has 1 aliphatic heterocycles. The van der Waals surface area contributed by atoms with Gasteiger partial charge in [-0.3, -0.25) is 14.9 Å². The number of nitro benzene ring substituents is 1. The Kier molecular flexibility index (Phi) is 4.73. The van der Waals surface area contributed by atoms with Gasteiger partial charge in [-0.1, -0.05) is 39.7 Å². The third-order valence-corrected chi connectivity index (χ3v) is 4.31. The summed E-state index contributed by atoms with van der Waals surface area (Å²) in [5.41, 5.74) is 0.801. The molecule has 1 amide bonds. The zero-order chi connectivity index (χ0) is 18.1. The molecule has 0 saturated carbocycles. The number of carbonyl (C=O) groups is 1. The first-order chi connectivity index (χ1) is 11.9. The van der Waals surface area contributed by atoms with Gasteiger partial charge in [0.2, 0.25) is 18.0 Å². The van der Waals surface area contributed by atoms with Crippen molar-refractivity contribution < 1.29 is 14.5 Å². The fourth-order valence-electron chi connectivity index (χ4n) is 2.34. The lowest BCUT2D eigenvalue weighted by atomic mass is 10.2. The van der Waals surface area contributed by atoms with Gasteiger partial charge in [0.15, 0.2) is 0 Å². The fourth-order valence-corrected chi connectivity index (χ4v) is 2.96. The van der Waals surface area contributed by atoms with E-state index in [2.05, 4.69) is 21.0 Å². The molecule has 0 radical (unpaired) electrons. The Labute approximate surface area is 156 Å². The molecule has 1 heterocycles. The largest absolute Gasteiger partial charge is 0.446 e. The lowest BCUT2D eigenvalue weighted by Gasteiger charge is -2.19. The Morgan fingerprint density at radius 2 is 2.12 bits per heavy atom. The Bertz CT molecular complexity index is 903. The molecule has 7 nitrogen and oxygen atoms in total. The number of nitrogens with zero attached hydrogens (tertiary/aromatic N) is 3. The van der Waals surface area contributed by atoms with E-state index in [1.165, 1.54) is 30.1 Å². The maximum absolute atomic E-state index is 11.9. The van der Waals surface area contributed by atoms with Crippen LogP contribution in [0.4, 0.5) is 5.69 Å². The molecule has 0 aromatic heterocycles.